The van der Waals surface area contributed by atoms with E-state index in [0.29, 0.717) is 31.2 Å². The van der Waals surface area contributed by atoms with Crippen molar-refractivity contribution in [1.82, 2.24) is 4.90 Å². The first-order chi connectivity index (χ1) is 12.0. The van der Waals surface area contributed by atoms with Crippen molar-refractivity contribution in [2.75, 3.05) is 39.2 Å². The van der Waals surface area contributed by atoms with E-state index in [2.05, 4.69) is 11.4 Å². The maximum absolute atomic E-state index is 12.2. The number of carbonyl (C=O) groups is 1. The van der Waals surface area contributed by atoms with Crippen molar-refractivity contribution < 1.29 is 14.3 Å². The average molecular weight is 342 g/mol. The number of aryl methyl sites for hydroxylation is 2. The zero-order valence-electron chi connectivity index (χ0n) is 15.3. The van der Waals surface area contributed by atoms with E-state index in [4.69, 9.17) is 9.47 Å². The number of para-hydroxylation sites is 2. The summed E-state index contributed by atoms with van der Waals surface area (Å²) in [4.78, 5) is 14.1. The van der Waals surface area contributed by atoms with Crippen LogP contribution in [0.5, 0.6) is 11.5 Å². The Morgan fingerprint density at radius 1 is 1.12 bits per heavy atom. The fraction of sp³-hybridized carbons (Fsp3) is 0.350. The minimum absolute atomic E-state index is 0.0354. The van der Waals surface area contributed by atoms with Crippen molar-refractivity contribution in [3.8, 4) is 11.5 Å². The third-order valence-electron chi connectivity index (χ3n) is 3.87. The number of amides is 1. The first kappa shape index (κ1) is 18.8. The molecule has 0 aliphatic rings. The summed E-state index contributed by atoms with van der Waals surface area (Å²) in [5, 5.41) is 2.95. The van der Waals surface area contributed by atoms with Crippen molar-refractivity contribution in [3.63, 3.8) is 0 Å². The van der Waals surface area contributed by atoms with Crippen molar-refractivity contribution in [1.29, 1.82) is 0 Å². The number of anilines is 1. The number of nitrogens with one attached hydrogen (secondary N) is 1. The molecule has 1 amide bonds. The lowest BCUT2D eigenvalue weighted by Gasteiger charge is -2.18. The minimum Gasteiger partial charge on any atom is -0.493 e. The maximum atomic E-state index is 12.2. The smallest absolute Gasteiger partial charge is 0.238 e. The summed E-state index contributed by atoms with van der Waals surface area (Å²) in [5.41, 5.74) is 3.10. The molecule has 5 heteroatoms. The van der Waals surface area contributed by atoms with E-state index in [1.807, 2.05) is 62.2 Å². The van der Waals surface area contributed by atoms with E-state index in [1.54, 1.807) is 7.11 Å². The van der Waals surface area contributed by atoms with Crippen molar-refractivity contribution >= 4 is 11.6 Å². The number of hydrogen-bond acceptors (Lipinski definition) is 4. The Kier molecular flexibility index (Phi) is 6.83. The first-order valence-corrected chi connectivity index (χ1v) is 8.31. The minimum atomic E-state index is -0.0354. The summed E-state index contributed by atoms with van der Waals surface area (Å²) in [6, 6.07) is 13.5. The van der Waals surface area contributed by atoms with Crippen LogP contribution < -0.4 is 14.8 Å². The Labute approximate surface area is 149 Å². The molecule has 0 aliphatic carbocycles. The van der Waals surface area contributed by atoms with E-state index >= 15 is 0 Å². The summed E-state index contributed by atoms with van der Waals surface area (Å²) in [6.07, 6.45) is 0. The zero-order valence-corrected chi connectivity index (χ0v) is 15.3. The second-order valence-electron chi connectivity index (χ2n) is 6.10. The van der Waals surface area contributed by atoms with Crippen LogP contribution in [-0.4, -0.2) is 44.7 Å². The van der Waals surface area contributed by atoms with Gasteiger partial charge in [0.2, 0.25) is 5.91 Å². The van der Waals surface area contributed by atoms with Gasteiger partial charge in [-0.25, -0.2) is 0 Å². The molecule has 5 nitrogen and oxygen atoms in total. The number of ether oxygens (including phenoxy) is 2. The lowest BCUT2D eigenvalue weighted by molar-refractivity contribution is -0.117. The lowest BCUT2D eigenvalue weighted by Crippen LogP contribution is -2.33. The van der Waals surface area contributed by atoms with Crippen LogP contribution in [0.2, 0.25) is 0 Å². The topological polar surface area (TPSA) is 50.8 Å². The molecule has 0 heterocycles. The van der Waals surface area contributed by atoms with Gasteiger partial charge in [-0.1, -0.05) is 29.8 Å². The predicted molar refractivity (Wildman–Crippen MR) is 101 cm³/mol. The molecular formula is C20H26N2O3. The largest absolute Gasteiger partial charge is 0.493 e. The Bertz CT molecular complexity index is 716. The van der Waals surface area contributed by atoms with Crippen LogP contribution in [0.4, 0.5) is 5.69 Å². The zero-order chi connectivity index (χ0) is 18.2. The highest BCUT2D eigenvalue weighted by Crippen LogP contribution is 2.25. The van der Waals surface area contributed by atoms with Crippen LogP contribution in [0.15, 0.2) is 42.5 Å². The van der Waals surface area contributed by atoms with Gasteiger partial charge in [0.25, 0.3) is 0 Å². The number of methoxy groups -OCH3 is 1. The molecule has 0 saturated heterocycles. The van der Waals surface area contributed by atoms with Crippen molar-refractivity contribution in [2.45, 2.75) is 13.8 Å². The van der Waals surface area contributed by atoms with Gasteiger partial charge in [0, 0.05) is 12.2 Å². The summed E-state index contributed by atoms with van der Waals surface area (Å²) < 4.78 is 11.0. The second kappa shape index (κ2) is 9.08. The standard InChI is InChI=1S/C20H26N2O3/c1-15-9-10-17(16(2)13-15)21-20(23)14-22(3)11-12-25-19-8-6-5-7-18(19)24-4/h5-10,13H,11-12,14H2,1-4H3,(H,21,23). The van der Waals surface area contributed by atoms with Gasteiger partial charge >= 0.3 is 0 Å². The molecule has 1 N–H and O–H groups in total. The molecule has 0 saturated carbocycles. The van der Waals surface area contributed by atoms with Gasteiger partial charge < -0.3 is 14.8 Å². The lowest BCUT2D eigenvalue weighted by atomic mass is 10.1. The van der Waals surface area contributed by atoms with E-state index < -0.39 is 0 Å². The molecule has 0 bridgehead atoms. The number of benzene rings is 2. The van der Waals surface area contributed by atoms with Gasteiger partial charge in [-0.05, 0) is 44.7 Å². The molecule has 2 rings (SSSR count). The van der Waals surface area contributed by atoms with Crippen LogP contribution in [0, 0.1) is 13.8 Å². The molecular weight excluding hydrogens is 316 g/mol. The highest BCUT2D eigenvalue weighted by molar-refractivity contribution is 5.92. The second-order valence-corrected chi connectivity index (χ2v) is 6.10. The summed E-state index contributed by atoms with van der Waals surface area (Å²) in [5.74, 6) is 1.38. The fourth-order valence-corrected chi connectivity index (χ4v) is 2.52. The van der Waals surface area contributed by atoms with Gasteiger partial charge in [-0.2, -0.15) is 0 Å². The molecule has 134 valence electrons. The average Bonchev–Trinajstić information content (AvgIpc) is 2.58. The maximum Gasteiger partial charge on any atom is 0.238 e. The normalized spacial score (nSPS) is 10.6. The Morgan fingerprint density at radius 3 is 2.52 bits per heavy atom. The van der Waals surface area contributed by atoms with E-state index in [1.165, 1.54) is 5.56 Å². The van der Waals surface area contributed by atoms with Crippen LogP contribution in [0.3, 0.4) is 0 Å². The monoisotopic (exact) mass is 342 g/mol. The van der Waals surface area contributed by atoms with Crippen molar-refractivity contribution in [3.05, 3.63) is 53.6 Å². The molecule has 2 aromatic carbocycles. The third-order valence-corrected chi connectivity index (χ3v) is 3.87. The number of hydrogen-bond donors (Lipinski definition) is 1. The van der Waals surface area contributed by atoms with E-state index in [0.717, 1.165) is 11.3 Å². The highest BCUT2D eigenvalue weighted by Gasteiger charge is 2.09. The van der Waals surface area contributed by atoms with E-state index in [-0.39, 0.29) is 5.91 Å². The van der Waals surface area contributed by atoms with Crippen molar-refractivity contribution in [2.24, 2.45) is 0 Å². The number of nitrogens with zero attached hydrogens (tertiary/aromatic N) is 1. The van der Waals surface area contributed by atoms with Gasteiger partial charge in [0.15, 0.2) is 11.5 Å². The highest BCUT2D eigenvalue weighted by atomic mass is 16.5. The summed E-state index contributed by atoms with van der Waals surface area (Å²) >= 11 is 0. The fourth-order valence-electron chi connectivity index (χ4n) is 2.52. The first-order valence-electron chi connectivity index (χ1n) is 8.31. The molecule has 0 aliphatic heterocycles. The van der Waals surface area contributed by atoms with Gasteiger partial charge in [0.1, 0.15) is 6.61 Å². The predicted octanol–water partition coefficient (Wildman–Crippen LogP) is 3.26. The molecule has 0 aromatic heterocycles. The summed E-state index contributed by atoms with van der Waals surface area (Å²) in [6.45, 7) is 5.45. The Balaban J connectivity index is 1.77. The third kappa shape index (κ3) is 5.80. The summed E-state index contributed by atoms with van der Waals surface area (Å²) in [7, 11) is 3.51. The molecule has 0 radical (unpaired) electrons. The van der Waals surface area contributed by atoms with Gasteiger partial charge in [-0.3, -0.25) is 9.69 Å². The SMILES string of the molecule is COc1ccccc1OCCN(C)CC(=O)Nc1ccc(C)cc1C. The van der Waals surface area contributed by atoms with Crippen LogP contribution >= 0.6 is 0 Å². The molecule has 0 fully saturated rings. The molecule has 0 spiro atoms. The van der Waals surface area contributed by atoms with E-state index in [9.17, 15) is 4.79 Å². The quantitative estimate of drug-likeness (QED) is 0.800. The number of likely N-dealkylation sites (N-methyl/N-ethyl adjacent to an activating group) is 1. The van der Waals surface area contributed by atoms with Crippen LogP contribution in [0.25, 0.3) is 0 Å². The van der Waals surface area contributed by atoms with Gasteiger partial charge in [0.05, 0.1) is 13.7 Å². The molecule has 25 heavy (non-hydrogen) atoms. The number of rotatable bonds is 8. The van der Waals surface area contributed by atoms with Crippen LogP contribution in [0.1, 0.15) is 11.1 Å². The van der Waals surface area contributed by atoms with Crippen LogP contribution in [-0.2, 0) is 4.79 Å². The number of carbonyl (C=O) groups excluding carboxylic acids is 1. The Hall–Kier alpha value is -2.53. The molecule has 0 atom stereocenters. The van der Waals surface area contributed by atoms with Gasteiger partial charge in [-0.15, -0.1) is 0 Å². The molecule has 2 aromatic rings. The Morgan fingerprint density at radius 2 is 1.84 bits per heavy atom. The molecule has 0 unspecified atom stereocenters.